The lowest BCUT2D eigenvalue weighted by Crippen LogP contribution is -2.33. The molecule has 1 aromatic carbocycles. The molecule has 1 saturated heterocycles. The van der Waals surface area contributed by atoms with Crippen molar-refractivity contribution in [1.82, 2.24) is 14.9 Å². The molecule has 2 aromatic heterocycles. The number of nitrogens with zero attached hydrogens (tertiary/aromatic N) is 2. The van der Waals surface area contributed by atoms with Crippen LogP contribution in [0.25, 0.3) is 10.9 Å². The van der Waals surface area contributed by atoms with Gasteiger partial charge in [0.25, 0.3) is 5.56 Å². The van der Waals surface area contributed by atoms with Crippen LogP contribution in [0, 0.1) is 0 Å². The number of pyridine rings is 2. The number of likely N-dealkylation sites (tertiary alicyclic amines) is 1. The Kier molecular flexibility index (Phi) is 4.06. The van der Waals surface area contributed by atoms with Gasteiger partial charge in [0.2, 0.25) is 5.91 Å². The van der Waals surface area contributed by atoms with Gasteiger partial charge < -0.3 is 9.88 Å². The largest absolute Gasteiger partial charge is 0.335 e. The summed E-state index contributed by atoms with van der Waals surface area (Å²) in [4.78, 5) is 33.9. The van der Waals surface area contributed by atoms with Gasteiger partial charge in [0.15, 0.2) is 0 Å². The van der Waals surface area contributed by atoms with Gasteiger partial charge in [-0.3, -0.25) is 14.6 Å². The molecule has 3 aromatic rings. The number of carbonyl (C=O) groups excluding carboxylic acids is 1. The summed E-state index contributed by atoms with van der Waals surface area (Å²) >= 11 is 0. The van der Waals surface area contributed by atoms with Crippen molar-refractivity contribution in [2.75, 3.05) is 6.54 Å². The highest BCUT2D eigenvalue weighted by Gasteiger charge is 2.30. The van der Waals surface area contributed by atoms with E-state index in [0.29, 0.717) is 5.56 Å². The minimum absolute atomic E-state index is 0.0000865. The molecule has 1 unspecified atom stereocenters. The molecule has 3 heterocycles. The molecule has 1 amide bonds. The number of benzene rings is 1. The monoisotopic (exact) mass is 333 g/mol. The summed E-state index contributed by atoms with van der Waals surface area (Å²) in [6, 6.07) is 13.4. The number of aromatic nitrogens is 2. The van der Waals surface area contributed by atoms with Gasteiger partial charge in [-0.2, -0.15) is 0 Å². The van der Waals surface area contributed by atoms with Crippen LogP contribution in [-0.2, 0) is 11.2 Å². The highest BCUT2D eigenvalue weighted by Crippen LogP contribution is 2.31. The average Bonchev–Trinajstić information content (AvgIpc) is 3.13. The highest BCUT2D eigenvalue weighted by molar-refractivity contribution is 5.83. The number of fused-ring (bicyclic) bond motifs is 1. The van der Waals surface area contributed by atoms with Gasteiger partial charge in [0, 0.05) is 30.0 Å². The lowest BCUT2D eigenvalue weighted by atomic mass is 10.1. The maximum Gasteiger partial charge on any atom is 0.252 e. The minimum Gasteiger partial charge on any atom is -0.335 e. The van der Waals surface area contributed by atoms with Crippen LogP contribution in [-0.4, -0.2) is 27.3 Å². The second-order valence-electron chi connectivity index (χ2n) is 6.41. The second-order valence-corrected chi connectivity index (χ2v) is 6.41. The van der Waals surface area contributed by atoms with E-state index in [9.17, 15) is 9.59 Å². The van der Waals surface area contributed by atoms with Crippen molar-refractivity contribution in [2.24, 2.45) is 0 Å². The van der Waals surface area contributed by atoms with Crippen molar-refractivity contribution in [2.45, 2.75) is 25.3 Å². The number of rotatable bonds is 3. The van der Waals surface area contributed by atoms with E-state index < -0.39 is 0 Å². The van der Waals surface area contributed by atoms with E-state index in [-0.39, 0.29) is 23.9 Å². The van der Waals surface area contributed by atoms with E-state index >= 15 is 0 Å². The smallest absolute Gasteiger partial charge is 0.252 e. The summed E-state index contributed by atoms with van der Waals surface area (Å²) < 4.78 is 0. The van der Waals surface area contributed by atoms with Crippen molar-refractivity contribution in [3.05, 3.63) is 76.3 Å². The van der Waals surface area contributed by atoms with Crippen molar-refractivity contribution >= 4 is 16.8 Å². The van der Waals surface area contributed by atoms with Crippen LogP contribution in [0.2, 0.25) is 0 Å². The zero-order valence-corrected chi connectivity index (χ0v) is 13.8. The number of hydrogen-bond donors (Lipinski definition) is 1. The Bertz CT molecular complexity index is 965. The molecule has 0 aliphatic carbocycles. The molecule has 1 N–H and O–H groups in total. The van der Waals surface area contributed by atoms with Gasteiger partial charge >= 0.3 is 0 Å². The van der Waals surface area contributed by atoms with Crippen LogP contribution in [0.4, 0.5) is 0 Å². The molecule has 0 spiro atoms. The molecular formula is C20H19N3O2. The number of aromatic amines is 1. The van der Waals surface area contributed by atoms with Gasteiger partial charge in [-0.25, -0.2) is 0 Å². The summed E-state index contributed by atoms with van der Waals surface area (Å²) in [6.07, 6.45) is 5.56. The number of para-hydroxylation sites is 1. The number of H-pyrrole nitrogens is 1. The lowest BCUT2D eigenvalue weighted by molar-refractivity contribution is -0.131. The summed E-state index contributed by atoms with van der Waals surface area (Å²) in [6.45, 7) is 0.733. The molecular weight excluding hydrogens is 314 g/mol. The van der Waals surface area contributed by atoms with Crippen LogP contribution in [0.15, 0.2) is 59.7 Å². The highest BCUT2D eigenvalue weighted by atomic mass is 16.2. The Morgan fingerprint density at radius 3 is 2.84 bits per heavy atom. The molecule has 1 aliphatic heterocycles. The molecule has 1 atom stereocenters. The first kappa shape index (κ1) is 15.6. The predicted molar refractivity (Wildman–Crippen MR) is 96.2 cm³/mol. The third kappa shape index (κ3) is 3.05. The fourth-order valence-electron chi connectivity index (χ4n) is 3.59. The Hall–Kier alpha value is -2.95. The Morgan fingerprint density at radius 1 is 1.20 bits per heavy atom. The molecule has 25 heavy (non-hydrogen) atoms. The maximum atomic E-state index is 12.8. The number of carbonyl (C=O) groups is 1. The van der Waals surface area contributed by atoms with Crippen molar-refractivity contribution in [3.63, 3.8) is 0 Å². The predicted octanol–water partition coefficient (Wildman–Crippen LogP) is 2.83. The SMILES string of the molecule is O=C(Cc1cc2ccccc2[nH]c1=O)N1CCCC1c1ccncc1. The molecule has 5 nitrogen and oxygen atoms in total. The van der Waals surface area contributed by atoms with E-state index in [1.54, 1.807) is 12.4 Å². The molecule has 1 fully saturated rings. The molecule has 1 aliphatic rings. The second kappa shape index (κ2) is 6.51. The third-order valence-corrected chi connectivity index (χ3v) is 4.84. The van der Waals surface area contributed by atoms with Gasteiger partial charge in [-0.1, -0.05) is 18.2 Å². The number of amides is 1. The number of hydrogen-bond acceptors (Lipinski definition) is 3. The summed E-state index contributed by atoms with van der Waals surface area (Å²) in [5.74, 6) is 0.0000865. The van der Waals surface area contributed by atoms with Gasteiger partial charge in [0.1, 0.15) is 0 Å². The Morgan fingerprint density at radius 2 is 2.00 bits per heavy atom. The first-order valence-electron chi connectivity index (χ1n) is 8.53. The van der Waals surface area contributed by atoms with Crippen LogP contribution in [0.1, 0.15) is 30.0 Å². The van der Waals surface area contributed by atoms with Crippen LogP contribution in [0.3, 0.4) is 0 Å². The summed E-state index contributed by atoms with van der Waals surface area (Å²) in [7, 11) is 0. The lowest BCUT2D eigenvalue weighted by Gasteiger charge is -2.25. The molecule has 126 valence electrons. The zero-order chi connectivity index (χ0) is 17.2. The van der Waals surface area contributed by atoms with E-state index in [1.807, 2.05) is 47.4 Å². The first-order valence-corrected chi connectivity index (χ1v) is 8.53. The van der Waals surface area contributed by atoms with Crippen molar-refractivity contribution in [1.29, 1.82) is 0 Å². The normalized spacial score (nSPS) is 17.1. The molecule has 5 heteroatoms. The third-order valence-electron chi connectivity index (χ3n) is 4.84. The zero-order valence-electron chi connectivity index (χ0n) is 13.8. The van der Waals surface area contributed by atoms with Gasteiger partial charge in [-0.05, 0) is 48.1 Å². The maximum absolute atomic E-state index is 12.8. The van der Waals surface area contributed by atoms with Crippen molar-refractivity contribution < 1.29 is 4.79 Å². The van der Waals surface area contributed by atoms with Crippen LogP contribution >= 0.6 is 0 Å². The van der Waals surface area contributed by atoms with Gasteiger partial charge in [0.05, 0.1) is 12.5 Å². The molecule has 0 saturated carbocycles. The first-order chi connectivity index (χ1) is 12.2. The molecule has 4 rings (SSSR count). The van der Waals surface area contributed by atoms with Crippen molar-refractivity contribution in [3.8, 4) is 0 Å². The molecule has 0 bridgehead atoms. The number of nitrogens with one attached hydrogen (secondary N) is 1. The van der Waals surface area contributed by atoms with E-state index in [2.05, 4.69) is 9.97 Å². The Labute approximate surface area is 145 Å². The van der Waals surface area contributed by atoms with Gasteiger partial charge in [-0.15, -0.1) is 0 Å². The standard InChI is InChI=1S/C20H19N3O2/c24-19(23-11-3-6-18(23)14-7-9-21-10-8-14)13-16-12-15-4-1-2-5-17(15)22-20(16)25/h1-2,4-5,7-10,12,18H,3,6,11,13H2,(H,22,25). The Balaban J connectivity index is 1.59. The average molecular weight is 333 g/mol. The van der Waals surface area contributed by atoms with E-state index in [1.165, 1.54) is 0 Å². The van der Waals surface area contributed by atoms with E-state index in [0.717, 1.165) is 35.9 Å². The van der Waals surface area contributed by atoms with E-state index in [4.69, 9.17) is 0 Å². The summed E-state index contributed by atoms with van der Waals surface area (Å²) in [5, 5.41) is 0.942. The fourth-order valence-corrected chi connectivity index (χ4v) is 3.59. The molecule has 0 radical (unpaired) electrons. The fraction of sp³-hybridized carbons (Fsp3) is 0.250. The topological polar surface area (TPSA) is 66.1 Å². The quantitative estimate of drug-likeness (QED) is 0.801. The minimum atomic E-state index is -0.188. The van der Waals surface area contributed by atoms with Crippen LogP contribution < -0.4 is 5.56 Å². The van der Waals surface area contributed by atoms with Crippen LogP contribution in [0.5, 0.6) is 0 Å². The summed E-state index contributed by atoms with van der Waals surface area (Å²) in [5.41, 5.74) is 2.23.